The zero-order chi connectivity index (χ0) is 9.47. The van der Waals surface area contributed by atoms with Crippen LogP contribution in [-0.2, 0) is 9.53 Å². The molecule has 2 atom stereocenters. The minimum Gasteiger partial charge on any atom is -0.481 e. The molecule has 1 heterocycles. The second kappa shape index (κ2) is 2.98. The average Bonchev–Trinajstić information content (AvgIpc) is 2.83. The van der Waals surface area contributed by atoms with Crippen LogP contribution in [0.15, 0.2) is 0 Å². The van der Waals surface area contributed by atoms with Crippen molar-refractivity contribution in [1.82, 2.24) is 0 Å². The van der Waals surface area contributed by atoms with E-state index in [1.165, 1.54) is 0 Å². The molecule has 1 saturated carbocycles. The van der Waals surface area contributed by atoms with Gasteiger partial charge in [0.2, 0.25) is 0 Å². The van der Waals surface area contributed by atoms with Gasteiger partial charge in [-0.05, 0) is 31.6 Å². The maximum Gasteiger partial charge on any atom is 0.306 e. The first-order chi connectivity index (χ1) is 6.13. The van der Waals surface area contributed by atoms with Crippen molar-refractivity contribution in [2.75, 3.05) is 6.61 Å². The molecule has 2 fully saturated rings. The van der Waals surface area contributed by atoms with Gasteiger partial charge in [-0.15, -0.1) is 0 Å². The minimum atomic E-state index is -0.664. The van der Waals surface area contributed by atoms with E-state index in [9.17, 15) is 4.79 Å². The Hall–Kier alpha value is -0.570. The summed E-state index contributed by atoms with van der Waals surface area (Å²) in [6.45, 7) is 2.57. The van der Waals surface area contributed by atoms with Gasteiger partial charge in [0.15, 0.2) is 0 Å². The van der Waals surface area contributed by atoms with E-state index in [0.717, 1.165) is 32.3 Å². The number of hydrogen-bond acceptors (Lipinski definition) is 2. The highest BCUT2D eigenvalue weighted by molar-refractivity contribution is 5.69. The van der Waals surface area contributed by atoms with E-state index >= 15 is 0 Å². The van der Waals surface area contributed by atoms with Crippen LogP contribution in [0.4, 0.5) is 0 Å². The summed E-state index contributed by atoms with van der Waals surface area (Å²) in [5.41, 5.74) is 0.104. The highest BCUT2D eigenvalue weighted by Gasteiger charge is 2.49. The Balaban J connectivity index is 1.96. The molecule has 74 valence electrons. The lowest BCUT2D eigenvalue weighted by Crippen LogP contribution is -2.33. The summed E-state index contributed by atoms with van der Waals surface area (Å²) in [7, 11) is 0. The molecule has 1 aliphatic heterocycles. The second-order valence-electron chi connectivity index (χ2n) is 4.41. The van der Waals surface area contributed by atoms with Crippen LogP contribution in [0.3, 0.4) is 0 Å². The quantitative estimate of drug-likeness (QED) is 0.710. The van der Waals surface area contributed by atoms with Gasteiger partial charge in [-0.25, -0.2) is 0 Å². The molecule has 0 aromatic carbocycles. The maximum absolute atomic E-state index is 10.8. The molecule has 3 heteroatoms. The smallest absolute Gasteiger partial charge is 0.306 e. The number of carboxylic acid groups (broad SMARTS) is 1. The predicted octanol–water partition coefficient (Wildman–Crippen LogP) is 1.67. The Bertz CT molecular complexity index is 220. The van der Waals surface area contributed by atoms with E-state index in [4.69, 9.17) is 9.84 Å². The van der Waals surface area contributed by atoms with E-state index < -0.39 is 5.97 Å². The normalized spacial score (nSPS) is 32.8. The Kier molecular flexibility index (Phi) is 2.06. The van der Waals surface area contributed by atoms with Gasteiger partial charge in [-0.1, -0.05) is 6.92 Å². The van der Waals surface area contributed by atoms with Crippen LogP contribution in [0.2, 0.25) is 0 Å². The summed E-state index contributed by atoms with van der Waals surface area (Å²) in [6.07, 6.45) is 4.14. The summed E-state index contributed by atoms with van der Waals surface area (Å²) in [5.74, 6) is -0.544. The number of hydrogen-bond donors (Lipinski definition) is 1. The van der Waals surface area contributed by atoms with Crippen molar-refractivity contribution < 1.29 is 14.6 Å². The van der Waals surface area contributed by atoms with Gasteiger partial charge in [-0.2, -0.15) is 0 Å². The van der Waals surface area contributed by atoms with Gasteiger partial charge in [0.05, 0.1) is 11.5 Å². The van der Waals surface area contributed by atoms with Crippen molar-refractivity contribution in [3.63, 3.8) is 0 Å². The molecule has 1 N–H and O–H groups in total. The topological polar surface area (TPSA) is 46.5 Å². The average molecular weight is 184 g/mol. The first-order valence-corrected chi connectivity index (χ1v) is 5.00. The van der Waals surface area contributed by atoms with E-state index in [-0.39, 0.29) is 11.5 Å². The first kappa shape index (κ1) is 9.00. The van der Waals surface area contributed by atoms with Crippen LogP contribution in [0.25, 0.3) is 0 Å². The van der Waals surface area contributed by atoms with Gasteiger partial charge >= 0.3 is 5.97 Å². The number of ether oxygens (including phenoxy) is 1. The lowest BCUT2D eigenvalue weighted by atomic mass is 9.84. The van der Waals surface area contributed by atoms with Gasteiger partial charge < -0.3 is 9.84 Å². The predicted molar refractivity (Wildman–Crippen MR) is 47.4 cm³/mol. The third-order valence-corrected chi connectivity index (χ3v) is 3.44. The van der Waals surface area contributed by atoms with Crippen LogP contribution in [-0.4, -0.2) is 23.3 Å². The summed E-state index contributed by atoms with van der Waals surface area (Å²) >= 11 is 0. The zero-order valence-corrected chi connectivity index (χ0v) is 7.95. The molecular formula is C10H16O3. The summed E-state index contributed by atoms with van der Waals surface area (Å²) in [5, 5.41) is 8.88. The molecule has 2 rings (SSSR count). The molecule has 3 nitrogen and oxygen atoms in total. The Morgan fingerprint density at radius 2 is 2.31 bits per heavy atom. The zero-order valence-electron chi connectivity index (χ0n) is 7.95. The molecule has 0 aromatic rings. The van der Waals surface area contributed by atoms with Crippen molar-refractivity contribution >= 4 is 5.97 Å². The fraction of sp³-hybridized carbons (Fsp3) is 0.900. The van der Waals surface area contributed by atoms with E-state index in [2.05, 4.69) is 0 Å². The van der Waals surface area contributed by atoms with Crippen molar-refractivity contribution in [2.24, 2.45) is 11.8 Å². The van der Waals surface area contributed by atoms with Crippen LogP contribution in [0.5, 0.6) is 0 Å². The van der Waals surface area contributed by atoms with Crippen LogP contribution < -0.4 is 0 Å². The fourth-order valence-corrected chi connectivity index (χ4v) is 2.18. The molecule has 1 saturated heterocycles. The van der Waals surface area contributed by atoms with Crippen LogP contribution in [0, 0.1) is 11.8 Å². The first-order valence-electron chi connectivity index (χ1n) is 5.00. The minimum absolute atomic E-state index is 0.104. The van der Waals surface area contributed by atoms with Crippen molar-refractivity contribution in [1.29, 1.82) is 0 Å². The molecule has 1 aliphatic carbocycles. The lowest BCUT2D eigenvalue weighted by Gasteiger charge is -2.31. The number of carbonyl (C=O) groups is 1. The lowest BCUT2D eigenvalue weighted by molar-refractivity contribution is -0.145. The van der Waals surface area contributed by atoms with Gasteiger partial charge in [-0.3, -0.25) is 4.79 Å². The van der Waals surface area contributed by atoms with Gasteiger partial charge in [0.25, 0.3) is 0 Å². The molecule has 0 unspecified atom stereocenters. The number of aliphatic carboxylic acids is 1. The van der Waals surface area contributed by atoms with Gasteiger partial charge in [0, 0.05) is 6.61 Å². The molecule has 1 spiro atoms. The van der Waals surface area contributed by atoms with E-state index in [0.29, 0.717) is 5.92 Å². The highest BCUT2D eigenvalue weighted by atomic mass is 16.5. The number of rotatable bonds is 2. The number of carboxylic acids is 1. The summed E-state index contributed by atoms with van der Waals surface area (Å²) in [4.78, 5) is 10.8. The van der Waals surface area contributed by atoms with Crippen molar-refractivity contribution in [2.45, 2.75) is 38.2 Å². The maximum atomic E-state index is 10.8. The molecule has 13 heavy (non-hydrogen) atoms. The third-order valence-electron chi connectivity index (χ3n) is 3.44. The largest absolute Gasteiger partial charge is 0.481 e. The summed E-state index contributed by atoms with van der Waals surface area (Å²) in [6, 6.07) is 0. The molecular weight excluding hydrogens is 168 g/mol. The Morgan fingerprint density at radius 3 is 2.85 bits per heavy atom. The molecule has 0 radical (unpaired) electrons. The molecule has 0 bridgehead atoms. The van der Waals surface area contributed by atoms with Crippen LogP contribution >= 0.6 is 0 Å². The van der Waals surface area contributed by atoms with Gasteiger partial charge in [0.1, 0.15) is 0 Å². The Labute approximate surface area is 78.1 Å². The highest BCUT2D eigenvalue weighted by Crippen LogP contribution is 2.49. The van der Waals surface area contributed by atoms with E-state index in [1.807, 2.05) is 6.92 Å². The second-order valence-corrected chi connectivity index (χ2v) is 4.41. The van der Waals surface area contributed by atoms with Crippen LogP contribution in [0.1, 0.15) is 32.6 Å². The van der Waals surface area contributed by atoms with E-state index in [1.54, 1.807) is 0 Å². The SMILES string of the molecule is C[C@H](C(=O)O)[C@H]1CCOC2(CC2)C1. The Morgan fingerprint density at radius 1 is 1.62 bits per heavy atom. The van der Waals surface area contributed by atoms with Crippen molar-refractivity contribution in [3.8, 4) is 0 Å². The fourth-order valence-electron chi connectivity index (χ4n) is 2.18. The summed E-state index contributed by atoms with van der Waals surface area (Å²) < 4.78 is 5.64. The van der Waals surface area contributed by atoms with Crippen molar-refractivity contribution in [3.05, 3.63) is 0 Å². The standard InChI is InChI=1S/C10H16O3/c1-7(9(11)12)8-2-5-13-10(6-8)3-4-10/h7-8H,2-6H2,1H3,(H,11,12)/t7-,8-/m0/s1. The molecule has 0 amide bonds. The molecule has 2 aliphatic rings. The molecule has 0 aromatic heterocycles. The third kappa shape index (κ3) is 1.70. The monoisotopic (exact) mass is 184 g/mol.